The molecule has 0 radical (unpaired) electrons. The third kappa shape index (κ3) is 3.14. The van der Waals surface area contributed by atoms with Crippen molar-refractivity contribution in [1.29, 1.82) is 0 Å². The van der Waals surface area contributed by atoms with Crippen molar-refractivity contribution < 1.29 is 14.3 Å². The Morgan fingerprint density at radius 2 is 2.10 bits per heavy atom. The number of hydrogen-bond donors (Lipinski definition) is 1. The first-order chi connectivity index (χ1) is 10.0. The summed E-state index contributed by atoms with van der Waals surface area (Å²) in [5.41, 5.74) is 0.833. The van der Waals surface area contributed by atoms with Gasteiger partial charge in [0.1, 0.15) is 11.9 Å². The second-order valence-corrected chi connectivity index (χ2v) is 7.07. The molecule has 1 saturated carbocycles. The van der Waals surface area contributed by atoms with Crippen LogP contribution in [0.2, 0.25) is 0 Å². The maximum atomic E-state index is 13.5. The zero-order valence-electron chi connectivity index (χ0n) is 11.8. The lowest BCUT2D eigenvalue weighted by Crippen LogP contribution is -2.41. The third-order valence-electron chi connectivity index (χ3n) is 4.79. The van der Waals surface area contributed by atoms with E-state index in [0.29, 0.717) is 23.0 Å². The number of likely N-dealkylation sites (tertiary alicyclic amines) is 1. The number of hydrogen-bond acceptors (Lipinski definition) is 2. The van der Waals surface area contributed by atoms with Gasteiger partial charge in [0.15, 0.2) is 0 Å². The van der Waals surface area contributed by atoms with E-state index in [1.165, 1.54) is 18.6 Å². The molecule has 0 bridgehead atoms. The standard InChI is InChI=1S/C16H19BrFNO2/c17-12-5-10(6-13(18)8-12)9-19-14-4-2-1-3-11(14)7-15(19)16(20)21/h5-6,8,11,14-15H,1-4,7,9H2,(H,20,21)/t11-,14+,15-/m0/s1. The molecular formula is C16H19BrFNO2. The fraction of sp³-hybridized carbons (Fsp3) is 0.562. The van der Waals surface area contributed by atoms with Crippen LogP contribution < -0.4 is 0 Å². The predicted molar refractivity (Wildman–Crippen MR) is 81.4 cm³/mol. The summed E-state index contributed by atoms with van der Waals surface area (Å²) in [6.07, 6.45) is 5.28. The minimum Gasteiger partial charge on any atom is -0.480 e. The molecule has 3 rings (SSSR count). The summed E-state index contributed by atoms with van der Waals surface area (Å²) in [7, 11) is 0. The molecule has 1 N–H and O–H groups in total. The van der Waals surface area contributed by atoms with Crippen molar-refractivity contribution in [3.05, 3.63) is 34.1 Å². The fourth-order valence-corrected chi connectivity index (χ4v) is 4.45. The topological polar surface area (TPSA) is 40.5 Å². The molecule has 3 atom stereocenters. The van der Waals surface area contributed by atoms with Crippen LogP contribution in [-0.4, -0.2) is 28.1 Å². The Bertz CT molecular complexity index is 531. The van der Waals surface area contributed by atoms with Crippen LogP contribution in [0.4, 0.5) is 4.39 Å². The Morgan fingerprint density at radius 1 is 1.33 bits per heavy atom. The molecule has 0 spiro atoms. The molecular weight excluding hydrogens is 337 g/mol. The second-order valence-electron chi connectivity index (χ2n) is 6.15. The lowest BCUT2D eigenvalue weighted by atomic mass is 9.84. The summed E-state index contributed by atoms with van der Waals surface area (Å²) in [4.78, 5) is 13.6. The van der Waals surface area contributed by atoms with Crippen molar-refractivity contribution >= 4 is 21.9 Å². The summed E-state index contributed by atoms with van der Waals surface area (Å²) in [5, 5.41) is 9.49. The van der Waals surface area contributed by atoms with Crippen LogP contribution in [0.25, 0.3) is 0 Å². The maximum absolute atomic E-state index is 13.5. The SMILES string of the molecule is O=C(O)[C@@H]1C[C@@H]2CCCC[C@H]2N1Cc1cc(F)cc(Br)c1. The van der Waals surface area contributed by atoms with Crippen LogP contribution in [0.1, 0.15) is 37.7 Å². The molecule has 2 aliphatic rings. The lowest BCUT2D eigenvalue weighted by molar-refractivity contribution is -0.142. The molecule has 2 fully saturated rings. The van der Waals surface area contributed by atoms with Crippen molar-refractivity contribution in [2.24, 2.45) is 5.92 Å². The Balaban J connectivity index is 1.84. The number of benzene rings is 1. The number of fused-ring (bicyclic) bond motifs is 1. The highest BCUT2D eigenvalue weighted by Gasteiger charge is 2.44. The normalized spacial score (nSPS) is 29.3. The highest BCUT2D eigenvalue weighted by molar-refractivity contribution is 9.10. The van der Waals surface area contributed by atoms with Gasteiger partial charge in [-0.15, -0.1) is 0 Å². The zero-order valence-corrected chi connectivity index (χ0v) is 13.4. The number of nitrogens with zero attached hydrogens (tertiary/aromatic N) is 1. The molecule has 1 aromatic rings. The highest BCUT2D eigenvalue weighted by Crippen LogP contribution is 2.40. The number of aliphatic carboxylic acids is 1. The number of carbonyl (C=O) groups is 1. The molecule has 0 aromatic heterocycles. The molecule has 1 aliphatic carbocycles. The van der Waals surface area contributed by atoms with E-state index in [1.807, 2.05) is 6.07 Å². The molecule has 0 unspecified atom stereocenters. The third-order valence-corrected chi connectivity index (χ3v) is 5.25. The van der Waals surface area contributed by atoms with Gasteiger partial charge < -0.3 is 5.11 Å². The molecule has 0 amide bonds. The average Bonchev–Trinajstić information content (AvgIpc) is 2.77. The van der Waals surface area contributed by atoms with Gasteiger partial charge in [-0.25, -0.2) is 4.39 Å². The van der Waals surface area contributed by atoms with E-state index >= 15 is 0 Å². The lowest BCUT2D eigenvalue weighted by Gasteiger charge is -2.33. The zero-order chi connectivity index (χ0) is 15.0. The largest absolute Gasteiger partial charge is 0.480 e. The van der Waals surface area contributed by atoms with E-state index in [-0.39, 0.29) is 5.82 Å². The number of halogens is 2. The monoisotopic (exact) mass is 355 g/mol. The van der Waals surface area contributed by atoms with Crippen LogP contribution in [0.5, 0.6) is 0 Å². The summed E-state index contributed by atoms with van der Waals surface area (Å²) >= 11 is 3.30. The summed E-state index contributed by atoms with van der Waals surface area (Å²) in [5.74, 6) is -0.553. The molecule has 3 nitrogen and oxygen atoms in total. The Labute approximate surface area is 132 Å². The predicted octanol–water partition coefficient (Wildman–Crippen LogP) is 3.81. The fourth-order valence-electron chi connectivity index (χ4n) is 3.94. The maximum Gasteiger partial charge on any atom is 0.320 e. The first-order valence-corrected chi connectivity index (χ1v) is 8.27. The van der Waals surface area contributed by atoms with Crippen LogP contribution in [-0.2, 0) is 11.3 Å². The van der Waals surface area contributed by atoms with Gasteiger partial charge in [0, 0.05) is 17.1 Å². The van der Waals surface area contributed by atoms with Crippen LogP contribution in [0, 0.1) is 11.7 Å². The van der Waals surface area contributed by atoms with Gasteiger partial charge in [0.05, 0.1) is 0 Å². The summed E-state index contributed by atoms with van der Waals surface area (Å²) in [6, 6.07) is 4.70. The molecule has 1 heterocycles. The molecule has 1 saturated heterocycles. The van der Waals surface area contributed by atoms with Crippen LogP contribution in [0.15, 0.2) is 22.7 Å². The van der Waals surface area contributed by atoms with Crippen LogP contribution >= 0.6 is 15.9 Å². The van der Waals surface area contributed by atoms with Gasteiger partial charge in [-0.1, -0.05) is 28.8 Å². The van der Waals surface area contributed by atoms with Gasteiger partial charge in [0.25, 0.3) is 0 Å². The van der Waals surface area contributed by atoms with Gasteiger partial charge >= 0.3 is 5.97 Å². The minimum absolute atomic E-state index is 0.286. The average molecular weight is 356 g/mol. The molecule has 1 aromatic carbocycles. The van der Waals surface area contributed by atoms with Crippen LogP contribution in [0.3, 0.4) is 0 Å². The number of rotatable bonds is 3. The Kier molecular flexibility index (Phi) is 4.31. The number of carboxylic acid groups (broad SMARTS) is 1. The minimum atomic E-state index is -0.750. The van der Waals surface area contributed by atoms with Crippen molar-refractivity contribution in [1.82, 2.24) is 4.90 Å². The Morgan fingerprint density at radius 3 is 2.81 bits per heavy atom. The molecule has 1 aliphatic heterocycles. The summed E-state index contributed by atoms with van der Waals surface area (Å²) in [6.45, 7) is 0.508. The first-order valence-electron chi connectivity index (χ1n) is 7.48. The van der Waals surface area contributed by atoms with E-state index in [2.05, 4.69) is 20.8 Å². The van der Waals surface area contributed by atoms with Crippen molar-refractivity contribution in [2.75, 3.05) is 0 Å². The summed E-state index contributed by atoms with van der Waals surface area (Å²) < 4.78 is 14.2. The van der Waals surface area contributed by atoms with Gasteiger partial charge in [0.2, 0.25) is 0 Å². The van der Waals surface area contributed by atoms with E-state index < -0.39 is 12.0 Å². The van der Waals surface area contributed by atoms with Crippen molar-refractivity contribution in [3.63, 3.8) is 0 Å². The quantitative estimate of drug-likeness (QED) is 0.896. The van der Waals surface area contributed by atoms with Gasteiger partial charge in [-0.3, -0.25) is 9.69 Å². The highest BCUT2D eigenvalue weighted by atomic mass is 79.9. The van der Waals surface area contributed by atoms with Gasteiger partial charge in [-0.05, 0) is 48.9 Å². The molecule has 114 valence electrons. The van der Waals surface area contributed by atoms with E-state index in [9.17, 15) is 14.3 Å². The van der Waals surface area contributed by atoms with E-state index in [1.54, 1.807) is 0 Å². The molecule has 5 heteroatoms. The van der Waals surface area contributed by atoms with Crippen molar-refractivity contribution in [2.45, 2.75) is 50.7 Å². The van der Waals surface area contributed by atoms with Crippen molar-refractivity contribution in [3.8, 4) is 0 Å². The van der Waals surface area contributed by atoms with Gasteiger partial charge in [-0.2, -0.15) is 0 Å². The first kappa shape index (κ1) is 15.0. The smallest absolute Gasteiger partial charge is 0.320 e. The molecule has 21 heavy (non-hydrogen) atoms. The number of carboxylic acids is 1. The second kappa shape index (κ2) is 6.05. The van der Waals surface area contributed by atoms with E-state index in [4.69, 9.17) is 0 Å². The Hall–Kier alpha value is -0.940. The van der Waals surface area contributed by atoms with E-state index in [0.717, 1.165) is 31.2 Å².